The highest BCUT2D eigenvalue weighted by atomic mass is 32.1. The zero-order chi connectivity index (χ0) is 11.5. The molecule has 0 bridgehead atoms. The summed E-state index contributed by atoms with van der Waals surface area (Å²) < 4.78 is 1.93. The SMILES string of the molecule is CC(C)n1cc(NCc2sccc2N)cn1. The predicted molar refractivity (Wildman–Crippen MR) is 68.7 cm³/mol. The molecule has 0 aliphatic carbocycles. The number of rotatable bonds is 4. The van der Waals surface area contributed by atoms with Gasteiger partial charge in [0.25, 0.3) is 0 Å². The Morgan fingerprint density at radius 3 is 2.94 bits per heavy atom. The van der Waals surface area contributed by atoms with Crippen LogP contribution >= 0.6 is 11.3 Å². The molecule has 0 aliphatic rings. The molecule has 0 aliphatic heterocycles. The first-order chi connectivity index (χ1) is 7.66. The number of nitrogens with one attached hydrogen (secondary N) is 1. The molecule has 0 amide bonds. The first-order valence-corrected chi connectivity index (χ1v) is 6.14. The summed E-state index contributed by atoms with van der Waals surface area (Å²) in [6.07, 6.45) is 3.85. The molecule has 86 valence electrons. The van der Waals surface area contributed by atoms with Crippen LogP contribution in [0.15, 0.2) is 23.8 Å². The van der Waals surface area contributed by atoms with Crippen molar-refractivity contribution in [2.75, 3.05) is 11.1 Å². The van der Waals surface area contributed by atoms with Crippen molar-refractivity contribution in [1.82, 2.24) is 9.78 Å². The Morgan fingerprint density at radius 1 is 1.56 bits per heavy atom. The van der Waals surface area contributed by atoms with Gasteiger partial charge in [-0.2, -0.15) is 5.10 Å². The van der Waals surface area contributed by atoms with Gasteiger partial charge in [-0.05, 0) is 25.3 Å². The molecular formula is C11H16N4S. The topological polar surface area (TPSA) is 55.9 Å². The first kappa shape index (κ1) is 11.0. The number of anilines is 2. The minimum absolute atomic E-state index is 0.391. The number of hydrogen-bond acceptors (Lipinski definition) is 4. The highest BCUT2D eigenvalue weighted by molar-refractivity contribution is 7.10. The smallest absolute Gasteiger partial charge is 0.0729 e. The Kier molecular flexibility index (Phi) is 3.14. The van der Waals surface area contributed by atoms with Crippen LogP contribution in [0.25, 0.3) is 0 Å². The Bertz CT molecular complexity index is 458. The number of hydrogen-bond donors (Lipinski definition) is 2. The van der Waals surface area contributed by atoms with Gasteiger partial charge in [0.1, 0.15) is 0 Å². The van der Waals surface area contributed by atoms with Crippen molar-refractivity contribution in [3.63, 3.8) is 0 Å². The van der Waals surface area contributed by atoms with Crippen LogP contribution in [0.5, 0.6) is 0 Å². The minimum Gasteiger partial charge on any atom is -0.398 e. The molecule has 2 rings (SSSR count). The lowest BCUT2D eigenvalue weighted by Crippen LogP contribution is -2.01. The van der Waals surface area contributed by atoms with Crippen molar-refractivity contribution < 1.29 is 0 Å². The summed E-state index contributed by atoms with van der Waals surface area (Å²) in [6, 6.07) is 2.32. The van der Waals surface area contributed by atoms with Crippen molar-refractivity contribution in [2.45, 2.75) is 26.4 Å². The summed E-state index contributed by atoms with van der Waals surface area (Å²) in [6.45, 7) is 4.97. The second kappa shape index (κ2) is 4.57. The van der Waals surface area contributed by atoms with Gasteiger partial charge in [0.15, 0.2) is 0 Å². The third-order valence-electron chi connectivity index (χ3n) is 2.36. The van der Waals surface area contributed by atoms with Crippen LogP contribution < -0.4 is 11.1 Å². The molecular weight excluding hydrogens is 220 g/mol. The monoisotopic (exact) mass is 236 g/mol. The van der Waals surface area contributed by atoms with Gasteiger partial charge in [0, 0.05) is 22.8 Å². The number of thiophene rings is 1. The van der Waals surface area contributed by atoms with E-state index in [4.69, 9.17) is 5.73 Å². The molecule has 0 unspecified atom stereocenters. The standard InChI is InChI=1S/C11H16N4S/c1-8(2)15-7-9(5-14-15)13-6-11-10(12)3-4-16-11/h3-5,7-8,13H,6,12H2,1-2H3. The molecule has 0 saturated heterocycles. The van der Waals surface area contributed by atoms with Crippen LogP contribution in [0.1, 0.15) is 24.8 Å². The highest BCUT2D eigenvalue weighted by Crippen LogP contribution is 2.20. The van der Waals surface area contributed by atoms with E-state index < -0.39 is 0 Å². The molecule has 0 saturated carbocycles. The van der Waals surface area contributed by atoms with Gasteiger partial charge in [-0.15, -0.1) is 11.3 Å². The van der Waals surface area contributed by atoms with Crippen molar-refractivity contribution in [1.29, 1.82) is 0 Å². The third-order valence-corrected chi connectivity index (χ3v) is 3.30. The van der Waals surface area contributed by atoms with Crippen molar-refractivity contribution in [3.05, 3.63) is 28.7 Å². The fourth-order valence-electron chi connectivity index (χ4n) is 1.39. The van der Waals surface area contributed by atoms with E-state index in [-0.39, 0.29) is 0 Å². The largest absolute Gasteiger partial charge is 0.398 e. The predicted octanol–water partition coefficient (Wildman–Crippen LogP) is 2.72. The number of nitrogens with zero attached hydrogens (tertiary/aromatic N) is 2. The van der Waals surface area contributed by atoms with Crippen LogP contribution in [0.3, 0.4) is 0 Å². The van der Waals surface area contributed by atoms with Crippen LogP contribution in [0.4, 0.5) is 11.4 Å². The average Bonchev–Trinajstić information content (AvgIpc) is 2.83. The van der Waals surface area contributed by atoms with Gasteiger partial charge in [0.2, 0.25) is 0 Å². The molecule has 2 heterocycles. The molecule has 0 fully saturated rings. The second-order valence-corrected chi connectivity index (χ2v) is 4.96. The van der Waals surface area contributed by atoms with Crippen LogP contribution in [0, 0.1) is 0 Å². The van der Waals surface area contributed by atoms with Gasteiger partial charge in [0.05, 0.1) is 18.4 Å². The van der Waals surface area contributed by atoms with Gasteiger partial charge in [-0.1, -0.05) is 0 Å². The summed E-state index contributed by atoms with van der Waals surface area (Å²) in [5, 5.41) is 9.58. The first-order valence-electron chi connectivity index (χ1n) is 5.26. The van der Waals surface area contributed by atoms with Gasteiger partial charge >= 0.3 is 0 Å². The minimum atomic E-state index is 0.391. The molecule has 0 radical (unpaired) electrons. The number of nitrogens with two attached hydrogens (primary N) is 1. The molecule has 16 heavy (non-hydrogen) atoms. The maximum atomic E-state index is 5.81. The Morgan fingerprint density at radius 2 is 2.38 bits per heavy atom. The maximum absolute atomic E-state index is 5.81. The van der Waals surface area contributed by atoms with Crippen molar-refractivity contribution in [3.8, 4) is 0 Å². The Labute approximate surface area is 99.1 Å². The van der Waals surface area contributed by atoms with Crippen LogP contribution in [-0.4, -0.2) is 9.78 Å². The normalized spacial score (nSPS) is 10.9. The summed E-state index contributed by atoms with van der Waals surface area (Å²) in [5.74, 6) is 0. The number of nitrogen functional groups attached to an aromatic ring is 1. The summed E-state index contributed by atoms with van der Waals surface area (Å²) in [7, 11) is 0. The van der Waals surface area contributed by atoms with E-state index in [1.807, 2.05) is 28.5 Å². The van der Waals surface area contributed by atoms with Crippen LogP contribution in [0.2, 0.25) is 0 Å². The fraction of sp³-hybridized carbons (Fsp3) is 0.364. The lowest BCUT2D eigenvalue weighted by Gasteiger charge is -2.04. The molecule has 0 aromatic carbocycles. The van der Waals surface area contributed by atoms with E-state index in [1.165, 1.54) is 0 Å². The Hall–Kier alpha value is -1.49. The second-order valence-electron chi connectivity index (χ2n) is 3.96. The van der Waals surface area contributed by atoms with E-state index in [9.17, 15) is 0 Å². The lowest BCUT2D eigenvalue weighted by molar-refractivity contribution is 0.532. The van der Waals surface area contributed by atoms with Gasteiger partial charge in [-0.3, -0.25) is 4.68 Å². The average molecular weight is 236 g/mol. The summed E-state index contributed by atoms with van der Waals surface area (Å²) in [4.78, 5) is 1.16. The highest BCUT2D eigenvalue weighted by Gasteiger charge is 2.03. The van der Waals surface area contributed by atoms with E-state index in [0.29, 0.717) is 6.04 Å². The summed E-state index contributed by atoms with van der Waals surface area (Å²) in [5.41, 5.74) is 7.69. The maximum Gasteiger partial charge on any atom is 0.0729 e. The molecule has 0 atom stereocenters. The Balaban J connectivity index is 1.97. The third kappa shape index (κ3) is 2.36. The molecule has 2 aromatic rings. The van der Waals surface area contributed by atoms with Crippen molar-refractivity contribution in [2.24, 2.45) is 0 Å². The van der Waals surface area contributed by atoms with E-state index in [0.717, 1.165) is 22.8 Å². The summed E-state index contributed by atoms with van der Waals surface area (Å²) >= 11 is 1.67. The van der Waals surface area contributed by atoms with Gasteiger partial charge in [-0.25, -0.2) is 0 Å². The van der Waals surface area contributed by atoms with Gasteiger partial charge < -0.3 is 11.1 Å². The molecule has 0 spiro atoms. The molecule has 5 heteroatoms. The zero-order valence-corrected chi connectivity index (χ0v) is 10.3. The fourth-order valence-corrected chi connectivity index (χ4v) is 2.13. The molecule has 2 aromatic heterocycles. The molecule has 4 nitrogen and oxygen atoms in total. The quantitative estimate of drug-likeness (QED) is 0.858. The zero-order valence-electron chi connectivity index (χ0n) is 9.47. The van der Waals surface area contributed by atoms with Crippen molar-refractivity contribution >= 4 is 22.7 Å². The van der Waals surface area contributed by atoms with E-state index >= 15 is 0 Å². The number of aromatic nitrogens is 2. The van der Waals surface area contributed by atoms with E-state index in [2.05, 4.69) is 24.3 Å². The lowest BCUT2D eigenvalue weighted by atomic mass is 10.4. The molecule has 3 N–H and O–H groups in total. The van der Waals surface area contributed by atoms with Crippen LogP contribution in [-0.2, 0) is 6.54 Å². The van der Waals surface area contributed by atoms with E-state index in [1.54, 1.807) is 11.3 Å².